The van der Waals surface area contributed by atoms with E-state index in [1.54, 1.807) is 0 Å². The van der Waals surface area contributed by atoms with Crippen molar-refractivity contribution >= 4 is 27.8 Å². The molecule has 0 heterocycles. The average molecular weight is 417 g/mol. The van der Waals surface area contributed by atoms with Gasteiger partial charge in [-0.3, -0.25) is 4.48 Å². The number of halogens is 1. The minimum atomic E-state index is 0. The van der Waals surface area contributed by atoms with Crippen LogP contribution in [0, 0.1) is 0 Å². The molecule has 0 aromatic heterocycles. The summed E-state index contributed by atoms with van der Waals surface area (Å²) in [6, 6.07) is 22.6. The van der Waals surface area contributed by atoms with Gasteiger partial charge in [0.2, 0.25) is 0 Å². The van der Waals surface area contributed by atoms with E-state index in [0.717, 1.165) is 15.9 Å². The fourth-order valence-electron chi connectivity index (χ4n) is 2.32. The predicted molar refractivity (Wildman–Crippen MR) is 94.1 cm³/mol. The zero-order valence-corrected chi connectivity index (χ0v) is 15.7. The molecular weight excluding hydrogens is 397 g/mol. The van der Waals surface area contributed by atoms with Crippen molar-refractivity contribution < 1.29 is 24.0 Å². The number of nitrogens with zero attached hydrogens (tertiary/aromatic N) is 3. The quantitative estimate of drug-likeness (QED) is 0.356. The first kappa shape index (κ1) is 17.6. The molecule has 0 radical (unpaired) electrons. The molecule has 23 heavy (non-hydrogen) atoms. The molecule has 3 aromatic rings. The Bertz CT molecular complexity index is 818. The summed E-state index contributed by atoms with van der Waals surface area (Å²) in [5.74, 6) is 0. The van der Waals surface area contributed by atoms with Crippen LogP contribution in [-0.2, 0) is 0 Å². The highest BCUT2D eigenvalue weighted by Gasteiger charge is 2.10. The number of hydrogen-bond acceptors (Lipinski definition) is 2. The van der Waals surface area contributed by atoms with Gasteiger partial charge in [-0.15, -0.1) is 0 Å². The number of benzene rings is 3. The van der Waals surface area contributed by atoms with Crippen molar-refractivity contribution in [1.82, 2.24) is 4.48 Å². The van der Waals surface area contributed by atoms with E-state index in [1.807, 2.05) is 30.3 Å². The molecule has 0 spiro atoms. The van der Waals surface area contributed by atoms with Crippen LogP contribution >= 0.6 is 0 Å². The Morgan fingerprint density at radius 3 is 1.87 bits per heavy atom. The lowest BCUT2D eigenvalue weighted by Gasteiger charge is -2.23. The standard InChI is InChI=1S/C19H20N3.HI/c1-22(2,3)19-12-10-17(11-13-19)20-21-18-9-8-15-6-4-5-7-16(15)14-18;/h4-14H,1-3H3;1H/q+1;/p-1. The van der Waals surface area contributed by atoms with Crippen LogP contribution in [-0.4, -0.2) is 21.1 Å². The van der Waals surface area contributed by atoms with E-state index in [1.165, 1.54) is 16.5 Å². The maximum Gasteiger partial charge on any atom is 0.132 e. The van der Waals surface area contributed by atoms with Gasteiger partial charge in [-0.25, -0.2) is 0 Å². The maximum atomic E-state index is 4.34. The first-order chi connectivity index (χ1) is 10.5. The Kier molecular flexibility index (Phi) is 5.49. The van der Waals surface area contributed by atoms with Crippen LogP contribution in [0.1, 0.15) is 0 Å². The molecule has 3 aromatic carbocycles. The van der Waals surface area contributed by atoms with Crippen molar-refractivity contribution in [2.24, 2.45) is 10.2 Å². The van der Waals surface area contributed by atoms with E-state index < -0.39 is 0 Å². The van der Waals surface area contributed by atoms with Crippen LogP contribution in [0.4, 0.5) is 17.1 Å². The van der Waals surface area contributed by atoms with Crippen LogP contribution in [0.3, 0.4) is 0 Å². The Labute approximate surface area is 154 Å². The third-order valence-electron chi connectivity index (χ3n) is 3.64. The lowest BCUT2D eigenvalue weighted by atomic mass is 10.1. The van der Waals surface area contributed by atoms with Gasteiger partial charge < -0.3 is 24.0 Å². The van der Waals surface area contributed by atoms with E-state index >= 15 is 0 Å². The SMILES string of the molecule is C[N+](C)(C)c1ccc(N=Nc2ccc3ccccc3c2)cc1.[I-]. The van der Waals surface area contributed by atoms with E-state index in [0.29, 0.717) is 0 Å². The van der Waals surface area contributed by atoms with Crippen molar-refractivity contribution in [3.05, 3.63) is 66.7 Å². The highest BCUT2D eigenvalue weighted by molar-refractivity contribution is 5.85. The third kappa shape index (κ3) is 4.36. The summed E-state index contributed by atoms with van der Waals surface area (Å²) in [4.78, 5) is 0. The molecular formula is C19H20IN3. The minimum absolute atomic E-state index is 0. The number of fused-ring (bicyclic) bond motifs is 1. The summed E-state index contributed by atoms with van der Waals surface area (Å²) < 4.78 is 0.794. The number of hydrogen-bond donors (Lipinski definition) is 0. The van der Waals surface area contributed by atoms with E-state index in [2.05, 4.69) is 67.8 Å². The lowest BCUT2D eigenvalue weighted by Crippen LogP contribution is -3.00. The highest BCUT2D eigenvalue weighted by Crippen LogP contribution is 2.25. The van der Waals surface area contributed by atoms with Crippen LogP contribution in [0.2, 0.25) is 0 Å². The van der Waals surface area contributed by atoms with Gasteiger partial charge >= 0.3 is 0 Å². The van der Waals surface area contributed by atoms with Crippen molar-refractivity contribution in [3.63, 3.8) is 0 Å². The molecule has 0 aliphatic rings. The van der Waals surface area contributed by atoms with Crippen LogP contribution in [0.25, 0.3) is 10.8 Å². The minimum Gasteiger partial charge on any atom is -1.00 e. The van der Waals surface area contributed by atoms with E-state index in [-0.39, 0.29) is 24.0 Å². The van der Waals surface area contributed by atoms with Gasteiger partial charge in [0.15, 0.2) is 0 Å². The molecule has 118 valence electrons. The first-order valence-electron chi connectivity index (χ1n) is 7.35. The molecule has 0 unspecified atom stereocenters. The van der Waals surface area contributed by atoms with Gasteiger partial charge in [0.25, 0.3) is 0 Å². The summed E-state index contributed by atoms with van der Waals surface area (Å²) in [6.45, 7) is 0. The Balaban J connectivity index is 0.00000192. The number of rotatable bonds is 3. The van der Waals surface area contributed by atoms with Gasteiger partial charge in [0, 0.05) is 12.1 Å². The highest BCUT2D eigenvalue weighted by atomic mass is 127. The molecule has 0 fully saturated rings. The molecule has 0 saturated heterocycles. The zero-order valence-electron chi connectivity index (χ0n) is 13.6. The van der Waals surface area contributed by atoms with Gasteiger partial charge in [-0.2, -0.15) is 10.2 Å². The molecule has 4 heteroatoms. The molecule has 0 bridgehead atoms. The fourth-order valence-corrected chi connectivity index (χ4v) is 2.32. The predicted octanol–water partition coefficient (Wildman–Crippen LogP) is 2.46. The molecule has 0 N–H and O–H groups in total. The molecule has 3 nitrogen and oxygen atoms in total. The van der Waals surface area contributed by atoms with Crippen molar-refractivity contribution in [3.8, 4) is 0 Å². The second-order valence-corrected chi connectivity index (χ2v) is 6.26. The Morgan fingerprint density at radius 2 is 1.22 bits per heavy atom. The molecule has 0 aliphatic carbocycles. The second kappa shape index (κ2) is 7.19. The van der Waals surface area contributed by atoms with Crippen molar-refractivity contribution in [2.45, 2.75) is 0 Å². The summed E-state index contributed by atoms with van der Waals surface area (Å²) in [6.07, 6.45) is 0. The summed E-state index contributed by atoms with van der Waals surface area (Å²) in [5, 5.41) is 11.1. The Hall–Kier alpha value is -1.79. The monoisotopic (exact) mass is 417 g/mol. The van der Waals surface area contributed by atoms with Gasteiger partial charge in [0.05, 0.1) is 32.5 Å². The number of quaternary nitrogens is 1. The van der Waals surface area contributed by atoms with E-state index in [4.69, 9.17) is 0 Å². The maximum absolute atomic E-state index is 4.34. The van der Waals surface area contributed by atoms with Gasteiger partial charge in [-0.05, 0) is 35.0 Å². The van der Waals surface area contributed by atoms with Crippen LogP contribution in [0.15, 0.2) is 77.0 Å². The van der Waals surface area contributed by atoms with Gasteiger partial charge in [0.1, 0.15) is 5.69 Å². The normalized spacial score (nSPS) is 11.6. The third-order valence-corrected chi connectivity index (χ3v) is 3.64. The van der Waals surface area contributed by atoms with Gasteiger partial charge in [-0.1, -0.05) is 30.3 Å². The number of azo groups is 1. The topological polar surface area (TPSA) is 24.7 Å². The van der Waals surface area contributed by atoms with Crippen LogP contribution in [0.5, 0.6) is 0 Å². The van der Waals surface area contributed by atoms with Crippen LogP contribution < -0.4 is 28.5 Å². The second-order valence-electron chi connectivity index (χ2n) is 6.26. The Morgan fingerprint density at radius 1 is 0.652 bits per heavy atom. The lowest BCUT2D eigenvalue weighted by molar-refractivity contribution is -0.00000470. The zero-order chi connectivity index (χ0) is 15.6. The molecule has 3 rings (SSSR count). The molecule has 0 atom stereocenters. The van der Waals surface area contributed by atoms with E-state index in [9.17, 15) is 0 Å². The fraction of sp³-hybridized carbons (Fsp3) is 0.158. The largest absolute Gasteiger partial charge is 1.00 e. The summed E-state index contributed by atoms with van der Waals surface area (Å²) in [7, 11) is 6.43. The first-order valence-corrected chi connectivity index (χ1v) is 7.35. The molecule has 0 aliphatic heterocycles. The molecule has 0 saturated carbocycles. The van der Waals surface area contributed by atoms with Crippen molar-refractivity contribution in [2.75, 3.05) is 21.1 Å². The summed E-state index contributed by atoms with van der Waals surface area (Å²) in [5.41, 5.74) is 2.98. The molecule has 0 amide bonds. The smallest absolute Gasteiger partial charge is 0.132 e. The average Bonchev–Trinajstić information content (AvgIpc) is 2.52. The summed E-state index contributed by atoms with van der Waals surface area (Å²) >= 11 is 0. The van der Waals surface area contributed by atoms with Crippen molar-refractivity contribution in [1.29, 1.82) is 0 Å².